The fourth-order valence-electron chi connectivity index (χ4n) is 3.30. The lowest BCUT2D eigenvalue weighted by Gasteiger charge is -2.26. The molecule has 0 atom stereocenters. The van der Waals surface area contributed by atoms with Crippen LogP contribution in [0, 0.1) is 13.8 Å². The number of aryl methyl sites for hydroxylation is 2. The normalized spacial score (nSPS) is 15.2. The lowest BCUT2D eigenvalue weighted by Crippen LogP contribution is -2.40. The molecule has 0 radical (unpaired) electrons. The Morgan fingerprint density at radius 3 is 2.81 bits per heavy atom. The number of carbonyl (C=O) groups excluding carboxylic acids is 1. The van der Waals surface area contributed by atoms with Crippen molar-refractivity contribution < 1.29 is 17.9 Å². The summed E-state index contributed by atoms with van der Waals surface area (Å²) in [5, 5.41) is 3.65. The van der Waals surface area contributed by atoms with Gasteiger partial charge in [0.2, 0.25) is 15.9 Å². The van der Waals surface area contributed by atoms with Crippen LogP contribution in [0.5, 0.6) is 0 Å². The Hall–Kier alpha value is -2.25. The minimum Gasteiger partial charge on any atom is -0.379 e. The van der Waals surface area contributed by atoms with Gasteiger partial charge in [-0.3, -0.25) is 9.59 Å². The van der Waals surface area contributed by atoms with Crippen LogP contribution in [0.25, 0.3) is 10.2 Å². The molecule has 2 N–H and O–H groups in total. The van der Waals surface area contributed by atoms with E-state index in [0.29, 0.717) is 47.4 Å². The number of amides is 1. The van der Waals surface area contributed by atoms with Crippen molar-refractivity contribution >= 4 is 54.9 Å². The van der Waals surface area contributed by atoms with E-state index < -0.39 is 10.0 Å². The summed E-state index contributed by atoms with van der Waals surface area (Å²) in [6, 6.07) is 6.16. The van der Waals surface area contributed by atoms with Crippen molar-refractivity contribution in [1.29, 1.82) is 0 Å². The first-order valence-corrected chi connectivity index (χ1v) is 13.1. The number of hydrogen-bond donors (Lipinski definition) is 2. The molecule has 1 aliphatic heterocycles. The molecule has 0 spiro atoms. The molecule has 32 heavy (non-hydrogen) atoms. The van der Waals surface area contributed by atoms with Gasteiger partial charge in [-0.2, -0.15) is 4.31 Å². The third kappa shape index (κ3) is 4.74. The number of thiophene rings is 1. The maximum atomic E-state index is 12.8. The van der Waals surface area contributed by atoms with E-state index in [-0.39, 0.29) is 22.1 Å². The third-order valence-electron chi connectivity index (χ3n) is 5.08. The third-order valence-corrected chi connectivity index (χ3v) is 8.95. The Bertz CT molecular complexity index is 1330. The first kappa shape index (κ1) is 22.9. The molecule has 0 aliphatic carbocycles. The van der Waals surface area contributed by atoms with Crippen LogP contribution in [0.2, 0.25) is 0 Å². The smallest absolute Gasteiger partial charge is 0.260 e. The molecule has 1 fully saturated rings. The molecule has 0 unspecified atom stereocenters. The lowest BCUT2D eigenvalue weighted by atomic mass is 10.2. The molecule has 3 heterocycles. The topological polar surface area (TPSA) is 121 Å². The number of thioether (sulfide) groups is 1. The van der Waals surface area contributed by atoms with Crippen molar-refractivity contribution in [1.82, 2.24) is 14.3 Å². The fourth-order valence-corrected chi connectivity index (χ4v) is 6.51. The molecule has 1 amide bonds. The Morgan fingerprint density at radius 2 is 2.06 bits per heavy atom. The number of ether oxygens (including phenoxy) is 1. The second-order valence-electron chi connectivity index (χ2n) is 7.22. The van der Waals surface area contributed by atoms with E-state index in [4.69, 9.17) is 4.74 Å². The molecule has 170 valence electrons. The predicted octanol–water partition coefficient (Wildman–Crippen LogP) is 2.35. The van der Waals surface area contributed by atoms with Gasteiger partial charge in [0.1, 0.15) is 4.83 Å². The fraction of sp³-hybridized carbons (Fsp3) is 0.350. The molecule has 2 aromatic heterocycles. The van der Waals surface area contributed by atoms with E-state index in [1.54, 1.807) is 12.1 Å². The number of nitrogens with one attached hydrogen (secondary N) is 2. The van der Waals surface area contributed by atoms with E-state index in [9.17, 15) is 18.0 Å². The van der Waals surface area contributed by atoms with Crippen molar-refractivity contribution in [3.63, 3.8) is 0 Å². The summed E-state index contributed by atoms with van der Waals surface area (Å²) in [6.45, 7) is 5.15. The van der Waals surface area contributed by atoms with Gasteiger partial charge >= 0.3 is 0 Å². The van der Waals surface area contributed by atoms with Crippen LogP contribution in [0.4, 0.5) is 5.69 Å². The number of hydrogen-bond acceptors (Lipinski definition) is 8. The lowest BCUT2D eigenvalue weighted by molar-refractivity contribution is -0.113. The minimum atomic E-state index is -3.65. The van der Waals surface area contributed by atoms with Gasteiger partial charge in [-0.05, 0) is 37.6 Å². The summed E-state index contributed by atoms with van der Waals surface area (Å²) >= 11 is 2.56. The highest BCUT2D eigenvalue weighted by Crippen LogP contribution is 2.27. The number of anilines is 1. The van der Waals surface area contributed by atoms with Crippen LogP contribution in [-0.2, 0) is 19.6 Å². The highest BCUT2D eigenvalue weighted by atomic mass is 32.2. The SMILES string of the molecule is Cc1sc2nc(SCC(=O)Nc3cccc(S(=O)(=O)N4CCOCC4)c3)[nH]c(=O)c2c1C. The molecule has 1 aromatic carbocycles. The number of aromatic amines is 1. The summed E-state index contributed by atoms with van der Waals surface area (Å²) in [5.74, 6) is -0.324. The van der Waals surface area contributed by atoms with Crippen LogP contribution in [0.15, 0.2) is 39.1 Å². The Balaban J connectivity index is 1.43. The number of morpholine rings is 1. The summed E-state index contributed by atoms with van der Waals surface area (Å²) in [7, 11) is -3.65. The number of aromatic nitrogens is 2. The van der Waals surface area contributed by atoms with Crippen molar-refractivity contribution in [2.45, 2.75) is 23.9 Å². The predicted molar refractivity (Wildman–Crippen MR) is 125 cm³/mol. The Morgan fingerprint density at radius 1 is 1.31 bits per heavy atom. The molecular weight excluding hydrogens is 472 g/mol. The molecule has 9 nitrogen and oxygen atoms in total. The molecule has 0 bridgehead atoms. The van der Waals surface area contributed by atoms with Gasteiger partial charge in [-0.25, -0.2) is 13.4 Å². The molecule has 4 rings (SSSR count). The van der Waals surface area contributed by atoms with E-state index in [1.165, 1.54) is 27.8 Å². The number of nitrogens with zero attached hydrogens (tertiary/aromatic N) is 2. The van der Waals surface area contributed by atoms with E-state index in [1.807, 2.05) is 13.8 Å². The second-order valence-corrected chi connectivity index (χ2v) is 11.3. The number of H-pyrrole nitrogens is 1. The zero-order chi connectivity index (χ0) is 22.9. The number of rotatable bonds is 6. The molecule has 3 aromatic rings. The minimum absolute atomic E-state index is 0.0121. The summed E-state index contributed by atoms with van der Waals surface area (Å²) in [5.41, 5.74) is 1.08. The van der Waals surface area contributed by atoms with Crippen molar-refractivity contribution in [3.8, 4) is 0 Å². The Labute approximate surface area is 193 Å². The highest BCUT2D eigenvalue weighted by molar-refractivity contribution is 7.99. The van der Waals surface area contributed by atoms with Gasteiger partial charge in [0, 0.05) is 23.7 Å². The molecular formula is C20H22N4O5S3. The molecule has 1 saturated heterocycles. The Kier molecular flexibility index (Phi) is 6.67. The van der Waals surface area contributed by atoms with Gasteiger partial charge < -0.3 is 15.0 Å². The summed E-state index contributed by atoms with van der Waals surface area (Å²) in [4.78, 5) is 33.7. The number of carbonyl (C=O) groups is 1. The highest BCUT2D eigenvalue weighted by Gasteiger charge is 2.26. The first-order valence-electron chi connectivity index (χ1n) is 9.86. The van der Waals surface area contributed by atoms with E-state index in [2.05, 4.69) is 15.3 Å². The zero-order valence-corrected chi connectivity index (χ0v) is 20.0. The number of sulfonamides is 1. The molecule has 12 heteroatoms. The van der Waals surface area contributed by atoms with Gasteiger partial charge in [0.15, 0.2) is 5.16 Å². The largest absolute Gasteiger partial charge is 0.379 e. The van der Waals surface area contributed by atoms with Crippen LogP contribution >= 0.6 is 23.1 Å². The van der Waals surface area contributed by atoms with Crippen LogP contribution in [-0.4, -0.2) is 60.7 Å². The summed E-state index contributed by atoms with van der Waals surface area (Å²) in [6.07, 6.45) is 0. The van der Waals surface area contributed by atoms with Crippen molar-refractivity contribution in [2.24, 2.45) is 0 Å². The quantitative estimate of drug-likeness (QED) is 0.398. The van der Waals surface area contributed by atoms with Gasteiger partial charge in [0.05, 0.1) is 29.2 Å². The van der Waals surface area contributed by atoms with Crippen LogP contribution in [0.1, 0.15) is 10.4 Å². The standard InChI is InChI=1S/C20H22N4O5S3/c1-12-13(2)31-19-17(12)18(26)22-20(23-19)30-11-16(25)21-14-4-3-5-15(10-14)32(27,28)24-6-8-29-9-7-24/h3-5,10H,6-9,11H2,1-2H3,(H,21,25)(H,22,23,26). The van der Waals surface area contributed by atoms with Crippen molar-refractivity contribution in [2.75, 3.05) is 37.4 Å². The molecule has 0 saturated carbocycles. The van der Waals surface area contributed by atoms with Gasteiger partial charge in [-0.1, -0.05) is 17.8 Å². The maximum absolute atomic E-state index is 12.8. The monoisotopic (exact) mass is 494 g/mol. The van der Waals surface area contributed by atoms with Gasteiger partial charge in [0.25, 0.3) is 5.56 Å². The maximum Gasteiger partial charge on any atom is 0.260 e. The zero-order valence-electron chi connectivity index (χ0n) is 17.5. The number of fused-ring (bicyclic) bond motifs is 1. The van der Waals surface area contributed by atoms with E-state index >= 15 is 0 Å². The van der Waals surface area contributed by atoms with Crippen LogP contribution < -0.4 is 10.9 Å². The number of benzene rings is 1. The van der Waals surface area contributed by atoms with Crippen molar-refractivity contribution in [3.05, 3.63) is 45.1 Å². The molecule has 1 aliphatic rings. The van der Waals surface area contributed by atoms with Crippen LogP contribution in [0.3, 0.4) is 0 Å². The van der Waals surface area contributed by atoms with E-state index in [0.717, 1.165) is 22.2 Å². The second kappa shape index (κ2) is 9.32. The average molecular weight is 495 g/mol. The summed E-state index contributed by atoms with van der Waals surface area (Å²) < 4.78 is 32.2. The average Bonchev–Trinajstić information content (AvgIpc) is 3.07. The van der Waals surface area contributed by atoms with Gasteiger partial charge in [-0.15, -0.1) is 11.3 Å². The first-order chi connectivity index (χ1) is 15.3.